The van der Waals surface area contributed by atoms with Crippen molar-refractivity contribution in [3.8, 4) is 5.75 Å². The predicted octanol–water partition coefficient (Wildman–Crippen LogP) is 5.56. The molecule has 7 nitrogen and oxygen atoms in total. The number of benzene rings is 2. The lowest BCUT2D eigenvalue weighted by Gasteiger charge is -2.24. The van der Waals surface area contributed by atoms with Crippen molar-refractivity contribution in [3.05, 3.63) is 52.6 Å². The average Bonchev–Trinajstić information content (AvgIpc) is 3.15. The Morgan fingerprint density at radius 3 is 2.77 bits per heavy atom. The summed E-state index contributed by atoms with van der Waals surface area (Å²) < 4.78 is 11.6. The number of anilines is 2. The SMILES string of the molecule is COc1ccc2cc([C@H](C)Nc3nccc(N4C(=O)OCC4C(C)C)n3)ccc2c1Br. The molecule has 162 valence electrons. The Morgan fingerprint density at radius 1 is 1.23 bits per heavy atom. The zero-order valence-electron chi connectivity index (χ0n) is 17.9. The van der Waals surface area contributed by atoms with E-state index in [9.17, 15) is 4.79 Å². The minimum atomic E-state index is -0.369. The fourth-order valence-corrected chi connectivity index (χ4v) is 4.39. The number of ether oxygens (including phenoxy) is 2. The van der Waals surface area contributed by atoms with Crippen LogP contribution >= 0.6 is 15.9 Å². The molecule has 1 aromatic heterocycles. The van der Waals surface area contributed by atoms with Gasteiger partial charge in [-0.25, -0.2) is 9.78 Å². The number of methoxy groups -OCH3 is 1. The number of hydrogen-bond donors (Lipinski definition) is 1. The average molecular weight is 485 g/mol. The van der Waals surface area contributed by atoms with Crippen LogP contribution in [0.4, 0.5) is 16.6 Å². The van der Waals surface area contributed by atoms with Gasteiger partial charge in [0.15, 0.2) is 0 Å². The normalized spacial score (nSPS) is 17.2. The van der Waals surface area contributed by atoms with Crippen LogP contribution in [0.5, 0.6) is 5.75 Å². The molecular weight excluding hydrogens is 460 g/mol. The maximum atomic E-state index is 12.3. The molecule has 8 heteroatoms. The largest absolute Gasteiger partial charge is 0.496 e. The highest BCUT2D eigenvalue weighted by atomic mass is 79.9. The van der Waals surface area contributed by atoms with Crippen LogP contribution in [-0.2, 0) is 4.74 Å². The Bertz CT molecular complexity index is 1120. The van der Waals surface area contributed by atoms with Gasteiger partial charge < -0.3 is 14.8 Å². The molecule has 0 spiro atoms. The Balaban J connectivity index is 1.57. The number of halogens is 1. The van der Waals surface area contributed by atoms with E-state index in [0.29, 0.717) is 18.4 Å². The molecule has 2 aromatic carbocycles. The first kappa shape index (κ1) is 21.4. The maximum Gasteiger partial charge on any atom is 0.415 e. The third-order valence-electron chi connectivity index (χ3n) is 5.57. The highest BCUT2D eigenvalue weighted by Crippen LogP contribution is 2.34. The van der Waals surface area contributed by atoms with E-state index in [1.807, 2.05) is 12.1 Å². The van der Waals surface area contributed by atoms with Crippen molar-refractivity contribution in [1.29, 1.82) is 0 Å². The van der Waals surface area contributed by atoms with E-state index in [0.717, 1.165) is 26.6 Å². The second-order valence-electron chi connectivity index (χ2n) is 7.93. The molecule has 0 radical (unpaired) electrons. The van der Waals surface area contributed by atoms with Gasteiger partial charge in [0.1, 0.15) is 18.2 Å². The van der Waals surface area contributed by atoms with Crippen molar-refractivity contribution < 1.29 is 14.3 Å². The van der Waals surface area contributed by atoms with E-state index in [2.05, 4.69) is 70.2 Å². The zero-order valence-corrected chi connectivity index (χ0v) is 19.5. The first-order chi connectivity index (χ1) is 14.9. The summed E-state index contributed by atoms with van der Waals surface area (Å²) in [7, 11) is 1.66. The molecule has 1 N–H and O–H groups in total. The van der Waals surface area contributed by atoms with E-state index in [4.69, 9.17) is 9.47 Å². The van der Waals surface area contributed by atoms with Gasteiger partial charge in [0.25, 0.3) is 0 Å². The quantitative estimate of drug-likeness (QED) is 0.493. The predicted molar refractivity (Wildman–Crippen MR) is 125 cm³/mol. The summed E-state index contributed by atoms with van der Waals surface area (Å²) in [4.78, 5) is 22.8. The van der Waals surface area contributed by atoms with Gasteiger partial charge in [-0.05, 0) is 63.3 Å². The molecule has 0 bridgehead atoms. The first-order valence-electron chi connectivity index (χ1n) is 10.2. The number of nitrogens with one attached hydrogen (secondary N) is 1. The molecule has 1 unspecified atom stereocenters. The van der Waals surface area contributed by atoms with Crippen molar-refractivity contribution in [2.45, 2.75) is 32.9 Å². The van der Waals surface area contributed by atoms with Crippen LogP contribution in [-0.4, -0.2) is 35.8 Å². The molecule has 1 fully saturated rings. The number of rotatable bonds is 6. The van der Waals surface area contributed by atoms with Crippen LogP contribution in [0.3, 0.4) is 0 Å². The number of amides is 1. The molecule has 1 aliphatic rings. The summed E-state index contributed by atoms with van der Waals surface area (Å²) in [6.07, 6.45) is 1.29. The number of carbonyl (C=O) groups is 1. The Kier molecular flexibility index (Phi) is 6.00. The molecule has 0 saturated carbocycles. The van der Waals surface area contributed by atoms with Crippen LogP contribution in [0.2, 0.25) is 0 Å². The Hall–Kier alpha value is -2.87. The van der Waals surface area contributed by atoms with Gasteiger partial charge >= 0.3 is 6.09 Å². The molecule has 1 amide bonds. The van der Waals surface area contributed by atoms with Gasteiger partial charge in [-0.15, -0.1) is 0 Å². The number of cyclic esters (lactones) is 1. The second-order valence-corrected chi connectivity index (χ2v) is 8.72. The van der Waals surface area contributed by atoms with E-state index < -0.39 is 0 Å². The van der Waals surface area contributed by atoms with Crippen molar-refractivity contribution in [3.63, 3.8) is 0 Å². The number of hydrogen-bond acceptors (Lipinski definition) is 6. The van der Waals surface area contributed by atoms with Crippen LogP contribution in [0.15, 0.2) is 47.1 Å². The van der Waals surface area contributed by atoms with Crippen molar-refractivity contribution in [2.24, 2.45) is 5.92 Å². The monoisotopic (exact) mass is 484 g/mol. The van der Waals surface area contributed by atoms with Crippen LogP contribution in [0.25, 0.3) is 10.8 Å². The fraction of sp³-hybridized carbons (Fsp3) is 0.348. The van der Waals surface area contributed by atoms with Crippen LogP contribution < -0.4 is 15.0 Å². The van der Waals surface area contributed by atoms with E-state index >= 15 is 0 Å². The van der Waals surface area contributed by atoms with Gasteiger partial charge in [-0.2, -0.15) is 4.98 Å². The lowest BCUT2D eigenvalue weighted by atomic mass is 10.0. The second kappa shape index (κ2) is 8.70. The molecule has 1 aliphatic heterocycles. The number of aromatic nitrogens is 2. The Labute approximate surface area is 189 Å². The topological polar surface area (TPSA) is 76.6 Å². The lowest BCUT2D eigenvalue weighted by Crippen LogP contribution is -2.37. The lowest BCUT2D eigenvalue weighted by molar-refractivity contribution is 0.177. The smallest absolute Gasteiger partial charge is 0.415 e. The first-order valence-corrected chi connectivity index (χ1v) is 11.0. The number of fused-ring (bicyclic) bond motifs is 1. The molecule has 31 heavy (non-hydrogen) atoms. The van der Waals surface area contributed by atoms with Gasteiger partial charge in [0.2, 0.25) is 5.95 Å². The standard InChI is InChI=1S/C23H25BrN4O3/c1-13(2)18-12-31-23(29)28(18)20-9-10-25-22(27-20)26-14(3)15-5-7-17-16(11-15)6-8-19(30-4)21(17)24/h5-11,13-14,18H,12H2,1-4H3,(H,25,26,27)/t14-,18?/m0/s1. The summed E-state index contributed by atoms with van der Waals surface area (Å²) in [5, 5.41) is 5.53. The molecule has 0 aliphatic carbocycles. The summed E-state index contributed by atoms with van der Waals surface area (Å²) >= 11 is 3.61. The van der Waals surface area contributed by atoms with E-state index in [-0.39, 0.29) is 24.1 Å². The minimum Gasteiger partial charge on any atom is -0.496 e. The molecule has 4 rings (SSSR count). The molecule has 1 saturated heterocycles. The minimum absolute atomic E-state index is 0.0352. The number of nitrogens with zero attached hydrogens (tertiary/aromatic N) is 3. The van der Waals surface area contributed by atoms with Crippen molar-refractivity contribution >= 4 is 44.6 Å². The van der Waals surface area contributed by atoms with Crippen molar-refractivity contribution in [1.82, 2.24) is 9.97 Å². The van der Waals surface area contributed by atoms with Gasteiger partial charge in [0.05, 0.1) is 23.7 Å². The summed E-state index contributed by atoms with van der Waals surface area (Å²) in [6.45, 7) is 6.55. The third-order valence-corrected chi connectivity index (χ3v) is 6.39. The van der Waals surface area contributed by atoms with E-state index in [1.165, 1.54) is 0 Å². The highest BCUT2D eigenvalue weighted by molar-refractivity contribution is 9.10. The van der Waals surface area contributed by atoms with E-state index in [1.54, 1.807) is 24.3 Å². The molecule has 2 atom stereocenters. The third kappa shape index (κ3) is 4.17. The molecule has 2 heterocycles. The molecule has 3 aromatic rings. The summed E-state index contributed by atoms with van der Waals surface area (Å²) in [6, 6.07) is 11.9. The van der Waals surface area contributed by atoms with Gasteiger partial charge in [-0.3, -0.25) is 4.90 Å². The summed E-state index contributed by atoms with van der Waals surface area (Å²) in [5.74, 6) is 2.06. The van der Waals surface area contributed by atoms with Gasteiger partial charge in [-0.1, -0.05) is 32.0 Å². The van der Waals surface area contributed by atoms with Crippen LogP contribution in [0, 0.1) is 5.92 Å². The highest BCUT2D eigenvalue weighted by Gasteiger charge is 2.37. The van der Waals surface area contributed by atoms with Crippen molar-refractivity contribution in [2.75, 3.05) is 23.9 Å². The number of carbonyl (C=O) groups excluding carboxylic acids is 1. The summed E-state index contributed by atoms with van der Waals surface area (Å²) in [5.41, 5.74) is 1.10. The van der Waals surface area contributed by atoms with Crippen LogP contribution in [0.1, 0.15) is 32.4 Å². The Morgan fingerprint density at radius 2 is 2.03 bits per heavy atom. The maximum absolute atomic E-state index is 12.3. The fourth-order valence-electron chi connectivity index (χ4n) is 3.74. The molecular formula is C23H25BrN4O3. The van der Waals surface area contributed by atoms with Gasteiger partial charge in [0, 0.05) is 6.20 Å². The zero-order chi connectivity index (χ0) is 22.1.